The SMILES string of the molecule is Cc1ccc(C(C)NS(=O)(=O)c2ccnc(N)c2)s1. The van der Waals surface area contributed by atoms with Gasteiger partial charge in [0.2, 0.25) is 10.0 Å². The molecule has 0 amide bonds. The van der Waals surface area contributed by atoms with E-state index in [-0.39, 0.29) is 16.8 Å². The van der Waals surface area contributed by atoms with Crippen molar-refractivity contribution in [2.45, 2.75) is 24.8 Å². The minimum absolute atomic E-state index is 0.125. The van der Waals surface area contributed by atoms with Crippen LogP contribution >= 0.6 is 11.3 Å². The molecule has 0 spiro atoms. The lowest BCUT2D eigenvalue weighted by Gasteiger charge is -2.12. The van der Waals surface area contributed by atoms with Gasteiger partial charge in [-0.2, -0.15) is 0 Å². The minimum atomic E-state index is -3.58. The number of aromatic nitrogens is 1. The van der Waals surface area contributed by atoms with Crippen LogP contribution < -0.4 is 10.5 Å². The highest BCUT2D eigenvalue weighted by atomic mass is 32.2. The lowest BCUT2D eigenvalue weighted by atomic mass is 10.3. The predicted octanol–water partition coefficient (Wildman–Crippen LogP) is 2.07. The Hall–Kier alpha value is -1.44. The van der Waals surface area contributed by atoms with Gasteiger partial charge in [-0.05, 0) is 32.0 Å². The smallest absolute Gasteiger partial charge is 0.241 e. The van der Waals surface area contributed by atoms with Crippen molar-refractivity contribution in [2.75, 3.05) is 5.73 Å². The second-order valence-electron chi connectivity index (χ2n) is 4.21. The summed E-state index contributed by atoms with van der Waals surface area (Å²) in [6.07, 6.45) is 1.38. The summed E-state index contributed by atoms with van der Waals surface area (Å²) < 4.78 is 27.0. The van der Waals surface area contributed by atoms with E-state index in [0.717, 1.165) is 9.75 Å². The first-order valence-corrected chi connectivity index (χ1v) is 7.98. The summed E-state index contributed by atoms with van der Waals surface area (Å²) >= 11 is 1.57. The number of thiophene rings is 1. The van der Waals surface area contributed by atoms with E-state index >= 15 is 0 Å². The normalized spacial score (nSPS) is 13.4. The van der Waals surface area contributed by atoms with Crippen LogP contribution in [0.5, 0.6) is 0 Å². The number of aryl methyl sites for hydroxylation is 1. The Morgan fingerprint density at radius 1 is 1.37 bits per heavy atom. The van der Waals surface area contributed by atoms with Crippen LogP contribution in [0.15, 0.2) is 35.4 Å². The Morgan fingerprint density at radius 3 is 2.68 bits per heavy atom. The average Bonchev–Trinajstić information content (AvgIpc) is 2.75. The van der Waals surface area contributed by atoms with Crippen molar-refractivity contribution in [3.05, 3.63) is 40.2 Å². The molecule has 5 nitrogen and oxygen atoms in total. The largest absolute Gasteiger partial charge is 0.384 e. The van der Waals surface area contributed by atoms with Crippen molar-refractivity contribution in [1.82, 2.24) is 9.71 Å². The van der Waals surface area contributed by atoms with Crippen LogP contribution in [0.1, 0.15) is 22.7 Å². The molecule has 3 N–H and O–H groups in total. The minimum Gasteiger partial charge on any atom is -0.384 e. The molecule has 2 heterocycles. The van der Waals surface area contributed by atoms with E-state index in [1.165, 1.54) is 18.3 Å². The average molecular weight is 297 g/mol. The van der Waals surface area contributed by atoms with E-state index in [2.05, 4.69) is 9.71 Å². The van der Waals surface area contributed by atoms with Gasteiger partial charge in [-0.3, -0.25) is 0 Å². The van der Waals surface area contributed by atoms with Gasteiger partial charge in [-0.1, -0.05) is 0 Å². The molecule has 0 aliphatic heterocycles. The van der Waals surface area contributed by atoms with E-state index in [4.69, 9.17) is 5.73 Å². The Balaban J connectivity index is 2.22. The number of nitrogen functional groups attached to an aromatic ring is 1. The molecule has 2 rings (SSSR count). The summed E-state index contributed by atoms with van der Waals surface area (Å²) in [7, 11) is -3.58. The third-order valence-corrected chi connectivity index (χ3v) is 5.30. The van der Waals surface area contributed by atoms with E-state index in [1.54, 1.807) is 11.3 Å². The van der Waals surface area contributed by atoms with E-state index < -0.39 is 10.0 Å². The standard InChI is InChI=1S/C12H15N3O2S2/c1-8-3-4-11(18-8)9(2)15-19(16,17)10-5-6-14-12(13)7-10/h3-7,9,15H,1-2H3,(H2,13,14). The van der Waals surface area contributed by atoms with Gasteiger partial charge >= 0.3 is 0 Å². The second-order valence-corrected chi connectivity index (χ2v) is 7.24. The number of nitrogens with one attached hydrogen (secondary N) is 1. The van der Waals surface area contributed by atoms with Gasteiger partial charge < -0.3 is 5.73 Å². The maximum atomic E-state index is 12.2. The Bertz CT molecular complexity index is 680. The van der Waals surface area contributed by atoms with Crippen molar-refractivity contribution in [3.63, 3.8) is 0 Å². The number of hydrogen-bond acceptors (Lipinski definition) is 5. The fourth-order valence-electron chi connectivity index (χ4n) is 1.64. The lowest BCUT2D eigenvalue weighted by Crippen LogP contribution is -2.26. The molecular weight excluding hydrogens is 282 g/mol. The molecule has 0 fully saturated rings. The van der Waals surface area contributed by atoms with E-state index in [1.807, 2.05) is 26.0 Å². The van der Waals surface area contributed by atoms with Crippen LogP contribution in [0, 0.1) is 6.92 Å². The van der Waals surface area contributed by atoms with Gasteiger partial charge in [0, 0.05) is 22.0 Å². The van der Waals surface area contributed by atoms with Gasteiger partial charge in [0.1, 0.15) is 5.82 Å². The monoisotopic (exact) mass is 297 g/mol. The van der Waals surface area contributed by atoms with Crippen molar-refractivity contribution in [2.24, 2.45) is 0 Å². The maximum absolute atomic E-state index is 12.2. The third kappa shape index (κ3) is 3.31. The van der Waals surface area contributed by atoms with Gasteiger partial charge in [0.25, 0.3) is 0 Å². The fourth-order valence-corrected chi connectivity index (χ4v) is 3.84. The molecule has 7 heteroatoms. The maximum Gasteiger partial charge on any atom is 0.241 e. The van der Waals surface area contributed by atoms with Gasteiger partial charge in [-0.25, -0.2) is 18.1 Å². The Kier molecular flexibility index (Phi) is 3.88. The number of rotatable bonds is 4. The van der Waals surface area contributed by atoms with Crippen LogP contribution in [-0.4, -0.2) is 13.4 Å². The van der Waals surface area contributed by atoms with Gasteiger partial charge in [-0.15, -0.1) is 11.3 Å². The Labute approximate surface area is 116 Å². The first kappa shape index (κ1) is 14.0. The third-order valence-electron chi connectivity index (χ3n) is 2.58. The molecule has 0 radical (unpaired) electrons. The molecule has 2 aromatic heterocycles. The molecule has 0 aliphatic carbocycles. The van der Waals surface area contributed by atoms with Crippen molar-refractivity contribution in [3.8, 4) is 0 Å². The number of pyridine rings is 1. The number of hydrogen-bond donors (Lipinski definition) is 2. The second kappa shape index (κ2) is 5.28. The zero-order valence-corrected chi connectivity index (χ0v) is 12.3. The molecule has 1 unspecified atom stereocenters. The highest BCUT2D eigenvalue weighted by Crippen LogP contribution is 2.24. The van der Waals surface area contributed by atoms with E-state index in [9.17, 15) is 8.42 Å². The highest BCUT2D eigenvalue weighted by Gasteiger charge is 2.19. The molecule has 1 atom stereocenters. The Morgan fingerprint density at radius 2 is 2.11 bits per heavy atom. The molecule has 0 bridgehead atoms. The summed E-state index contributed by atoms with van der Waals surface area (Å²) in [4.78, 5) is 6.03. The lowest BCUT2D eigenvalue weighted by molar-refractivity contribution is 0.568. The molecule has 0 aromatic carbocycles. The zero-order chi connectivity index (χ0) is 14.0. The fraction of sp³-hybridized carbons (Fsp3) is 0.250. The van der Waals surface area contributed by atoms with Crippen molar-refractivity contribution >= 4 is 27.2 Å². The van der Waals surface area contributed by atoms with Crippen LogP contribution in [0.2, 0.25) is 0 Å². The molecule has 0 aliphatic rings. The van der Waals surface area contributed by atoms with Crippen LogP contribution in [-0.2, 0) is 10.0 Å². The summed E-state index contributed by atoms with van der Waals surface area (Å²) in [5, 5.41) is 0. The summed E-state index contributed by atoms with van der Waals surface area (Å²) in [5.74, 6) is 0.183. The van der Waals surface area contributed by atoms with Gasteiger partial charge in [0.05, 0.1) is 10.9 Å². The highest BCUT2D eigenvalue weighted by molar-refractivity contribution is 7.89. The molecule has 0 saturated heterocycles. The van der Waals surface area contributed by atoms with Gasteiger partial charge in [0.15, 0.2) is 0 Å². The first-order chi connectivity index (χ1) is 8.88. The van der Waals surface area contributed by atoms with Crippen LogP contribution in [0.25, 0.3) is 0 Å². The number of nitrogens with two attached hydrogens (primary N) is 1. The topological polar surface area (TPSA) is 85.1 Å². The number of nitrogens with zero attached hydrogens (tertiary/aromatic N) is 1. The van der Waals surface area contributed by atoms with Crippen LogP contribution in [0.4, 0.5) is 5.82 Å². The zero-order valence-electron chi connectivity index (χ0n) is 10.6. The molecule has 102 valence electrons. The summed E-state index contributed by atoms with van der Waals surface area (Å²) in [6.45, 7) is 3.80. The first-order valence-electron chi connectivity index (χ1n) is 5.69. The van der Waals surface area contributed by atoms with Crippen LogP contribution in [0.3, 0.4) is 0 Å². The van der Waals surface area contributed by atoms with Crippen molar-refractivity contribution in [1.29, 1.82) is 0 Å². The number of sulfonamides is 1. The summed E-state index contributed by atoms with van der Waals surface area (Å²) in [5.41, 5.74) is 5.50. The van der Waals surface area contributed by atoms with E-state index in [0.29, 0.717) is 0 Å². The predicted molar refractivity (Wildman–Crippen MR) is 76.4 cm³/mol. The molecule has 19 heavy (non-hydrogen) atoms. The number of anilines is 1. The molecular formula is C12H15N3O2S2. The molecule has 0 saturated carbocycles. The van der Waals surface area contributed by atoms with Crippen molar-refractivity contribution < 1.29 is 8.42 Å². The summed E-state index contributed by atoms with van der Waals surface area (Å²) in [6, 6.07) is 6.38. The quantitative estimate of drug-likeness (QED) is 0.904. The molecule has 2 aromatic rings.